The van der Waals surface area contributed by atoms with Gasteiger partial charge in [-0.3, -0.25) is 9.59 Å². The number of hydrogen-bond acceptors (Lipinski definition) is 3. The summed E-state index contributed by atoms with van der Waals surface area (Å²) in [5.74, 6) is 0.320. The molecule has 27 heavy (non-hydrogen) atoms. The van der Waals surface area contributed by atoms with Gasteiger partial charge in [-0.05, 0) is 30.9 Å². The molecule has 0 aromatic heterocycles. The fraction of sp³-hybridized carbons (Fsp3) is 0.381. The summed E-state index contributed by atoms with van der Waals surface area (Å²) in [7, 11) is 0. The van der Waals surface area contributed by atoms with Gasteiger partial charge in [0.15, 0.2) is 0 Å². The number of aryl methyl sites for hydroxylation is 1. The van der Waals surface area contributed by atoms with Gasteiger partial charge in [0.25, 0.3) is 11.5 Å². The minimum atomic E-state index is -0.210. The molecule has 3 rings (SSSR count). The SMILES string of the molecule is CCCn1cc(C(=O)NCCC(C)C)c2nn(-c3ccccc3)c(=O)c-2c1. The van der Waals surface area contributed by atoms with Gasteiger partial charge in [-0.15, -0.1) is 0 Å². The lowest BCUT2D eigenvalue weighted by molar-refractivity contribution is 0.0951. The van der Waals surface area contributed by atoms with E-state index in [2.05, 4.69) is 31.2 Å². The molecule has 0 fully saturated rings. The Morgan fingerprint density at radius 2 is 1.93 bits per heavy atom. The molecule has 2 aliphatic heterocycles. The van der Waals surface area contributed by atoms with E-state index in [4.69, 9.17) is 0 Å². The fourth-order valence-corrected chi connectivity index (χ4v) is 3.03. The topological polar surface area (TPSA) is 68.9 Å². The quantitative estimate of drug-likeness (QED) is 0.697. The molecule has 1 aromatic rings. The summed E-state index contributed by atoms with van der Waals surface area (Å²) >= 11 is 0. The smallest absolute Gasteiger partial charge is 0.282 e. The van der Waals surface area contributed by atoms with Crippen molar-refractivity contribution in [3.05, 3.63) is 58.6 Å². The molecule has 0 saturated heterocycles. The summed E-state index contributed by atoms with van der Waals surface area (Å²) in [4.78, 5) is 25.7. The van der Waals surface area contributed by atoms with Crippen LogP contribution in [0.1, 0.15) is 44.0 Å². The van der Waals surface area contributed by atoms with Crippen LogP contribution < -0.4 is 10.9 Å². The van der Waals surface area contributed by atoms with E-state index >= 15 is 0 Å². The summed E-state index contributed by atoms with van der Waals surface area (Å²) in [6.07, 6.45) is 5.39. The molecule has 2 aliphatic rings. The molecular weight excluding hydrogens is 340 g/mol. The van der Waals surface area contributed by atoms with E-state index in [1.54, 1.807) is 12.4 Å². The number of benzene rings is 1. The highest BCUT2D eigenvalue weighted by molar-refractivity contribution is 5.99. The zero-order valence-electron chi connectivity index (χ0n) is 16.1. The van der Waals surface area contributed by atoms with Gasteiger partial charge >= 0.3 is 0 Å². The summed E-state index contributed by atoms with van der Waals surface area (Å²) in [5.41, 5.74) is 1.82. The second-order valence-electron chi connectivity index (χ2n) is 7.16. The van der Waals surface area contributed by atoms with Gasteiger partial charge in [0.2, 0.25) is 0 Å². The monoisotopic (exact) mass is 366 g/mol. The molecule has 142 valence electrons. The van der Waals surface area contributed by atoms with Crippen LogP contribution in [0.4, 0.5) is 0 Å². The minimum absolute atomic E-state index is 0.191. The van der Waals surface area contributed by atoms with Crippen molar-refractivity contribution in [2.75, 3.05) is 6.54 Å². The van der Waals surface area contributed by atoms with Gasteiger partial charge < -0.3 is 9.88 Å². The largest absolute Gasteiger partial charge is 0.353 e. The number of fused-ring (bicyclic) bond motifs is 1. The lowest BCUT2D eigenvalue weighted by Crippen LogP contribution is -2.27. The Labute approximate surface area is 159 Å². The van der Waals surface area contributed by atoms with Crippen LogP contribution in [0.3, 0.4) is 0 Å². The third-order valence-electron chi connectivity index (χ3n) is 4.46. The van der Waals surface area contributed by atoms with E-state index in [9.17, 15) is 9.59 Å². The van der Waals surface area contributed by atoms with E-state index in [1.165, 1.54) is 4.68 Å². The first-order valence-electron chi connectivity index (χ1n) is 9.47. The van der Waals surface area contributed by atoms with Crippen LogP contribution in [0, 0.1) is 5.92 Å². The van der Waals surface area contributed by atoms with Gasteiger partial charge in [-0.25, -0.2) is 0 Å². The molecule has 0 radical (unpaired) electrons. The van der Waals surface area contributed by atoms with Crippen LogP contribution in [-0.2, 0) is 6.54 Å². The molecule has 1 amide bonds. The number of amides is 1. The van der Waals surface area contributed by atoms with Crippen LogP contribution in [0.15, 0.2) is 47.5 Å². The van der Waals surface area contributed by atoms with E-state index in [-0.39, 0.29) is 11.5 Å². The first-order valence-corrected chi connectivity index (χ1v) is 9.47. The predicted octanol–water partition coefficient (Wildman–Crippen LogP) is 3.32. The lowest BCUT2D eigenvalue weighted by atomic mass is 10.1. The Balaban J connectivity index is 2.06. The number of para-hydroxylation sites is 1. The molecule has 0 unspecified atom stereocenters. The van der Waals surface area contributed by atoms with Gasteiger partial charge in [-0.1, -0.05) is 39.0 Å². The van der Waals surface area contributed by atoms with Gasteiger partial charge in [-0.2, -0.15) is 9.78 Å². The van der Waals surface area contributed by atoms with Crippen molar-refractivity contribution in [2.45, 2.75) is 40.2 Å². The van der Waals surface area contributed by atoms with Gasteiger partial charge in [0.1, 0.15) is 5.69 Å². The van der Waals surface area contributed by atoms with Gasteiger partial charge in [0.05, 0.1) is 16.8 Å². The first-order chi connectivity index (χ1) is 13.0. The Hall–Kier alpha value is -2.89. The van der Waals surface area contributed by atoms with Crippen LogP contribution in [-0.4, -0.2) is 26.8 Å². The van der Waals surface area contributed by atoms with Crippen molar-refractivity contribution in [2.24, 2.45) is 5.92 Å². The number of hydrogen-bond donors (Lipinski definition) is 1. The second-order valence-corrected chi connectivity index (χ2v) is 7.16. The molecule has 1 aromatic carbocycles. The Bertz CT molecular complexity index is 941. The third-order valence-corrected chi connectivity index (χ3v) is 4.46. The molecule has 1 N–H and O–H groups in total. The number of carbonyl (C=O) groups excluding carboxylic acids is 1. The van der Waals surface area contributed by atoms with Crippen LogP contribution in [0.5, 0.6) is 0 Å². The minimum Gasteiger partial charge on any atom is -0.353 e. The third kappa shape index (κ3) is 4.10. The summed E-state index contributed by atoms with van der Waals surface area (Å²) in [6.45, 7) is 7.63. The maximum Gasteiger partial charge on any atom is 0.282 e. The molecule has 2 heterocycles. The van der Waals surface area contributed by atoms with Crippen molar-refractivity contribution in [1.29, 1.82) is 0 Å². The van der Waals surface area contributed by atoms with Crippen molar-refractivity contribution in [3.63, 3.8) is 0 Å². The van der Waals surface area contributed by atoms with Crippen molar-refractivity contribution < 1.29 is 4.79 Å². The molecule has 0 aliphatic carbocycles. The molecule has 0 saturated carbocycles. The Morgan fingerprint density at radius 1 is 1.19 bits per heavy atom. The molecular formula is C21H26N4O2. The molecule has 0 bridgehead atoms. The van der Waals surface area contributed by atoms with E-state index in [0.717, 1.165) is 19.4 Å². The van der Waals surface area contributed by atoms with E-state index < -0.39 is 0 Å². The average Bonchev–Trinajstić information content (AvgIpc) is 2.98. The zero-order chi connectivity index (χ0) is 19.4. The number of carbonyl (C=O) groups is 1. The highest BCUT2D eigenvalue weighted by atomic mass is 16.2. The second kappa shape index (κ2) is 8.20. The van der Waals surface area contributed by atoms with Crippen molar-refractivity contribution in [1.82, 2.24) is 19.7 Å². The number of rotatable bonds is 7. The summed E-state index contributed by atoms with van der Waals surface area (Å²) in [5, 5.41) is 7.43. The number of pyridine rings is 1. The molecule has 6 heteroatoms. The number of nitrogens with one attached hydrogen (secondary N) is 1. The predicted molar refractivity (Wildman–Crippen MR) is 107 cm³/mol. The van der Waals surface area contributed by atoms with Crippen molar-refractivity contribution in [3.8, 4) is 16.9 Å². The van der Waals surface area contributed by atoms with Crippen LogP contribution >= 0.6 is 0 Å². The highest BCUT2D eigenvalue weighted by Crippen LogP contribution is 2.22. The standard InChI is InChI=1S/C21H26N4O2/c1-4-12-24-13-17(20(26)22-11-10-15(2)3)19-18(14-24)21(27)25(23-19)16-8-6-5-7-9-16/h5-9,13-15H,4,10-12H2,1-3H3,(H,22,26). The summed E-state index contributed by atoms with van der Waals surface area (Å²) in [6, 6.07) is 9.27. The molecule has 6 nitrogen and oxygen atoms in total. The van der Waals surface area contributed by atoms with Crippen LogP contribution in [0.2, 0.25) is 0 Å². The number of aromatic nitrogens is 3. The van der Waals surface area contributed by atoms with E-state index in [1.807, 2.05) is 34.9 Å². The molecule has 0 atom stereocenters. The normalized spacial score (nSPS) is 11.3. The Kier molecular flexibility index (Phi) is 5.74. The maximum atomic E-state index is 12.9. The van der Waals surface area contributed by atoms with Crippen molar-refractivity contribution >= 4 is 5.91 Å². The maximum absolute atomic E-state index is 12.9. The summed E-state index contributed by atoms with van der Waals surface area (Å²) < 4.78 is 3.27. The first kappa shape index (κ1) is 18.9. The lowest BCUT2D eigenvalue weighted by Gasteiger charge is -2.12. The zero-order valence-corrected chi connectivity index (χ0v) is 16.1. The Morgan fingerprint density at radius 3 is 2.59 bits per heavy atom. The van der Waals surface area contributed by atoms with Crippen LogP contribution in [0.25, 0.3) is 16.9 Å². The highest BCUT2D eigenvalue weighted by Gasteiger charge is 2.24. The van der Waals surface area contributed by atoms with Gasteiger partial charge in [0, 0.05) is 25.5 Å². The molecule has 0 spiro atoms. The number of nitrogens with zero attached hydrogens (tertiary/aromatic N) is 3. The average molecular weight is 366 g/mol. The fourth-order valence-electron chi connectivity index (χ4n) is 3.03. The van der Waals surface area contributed by atoms with E-state index in [0.29, 0.717) is 35.0 Å².